The second-order valence-electron chi connectivity index (χ2n) is 5.32. The molecule has 1 heterocycles. The first-order valence-electron chi connectivity index (χ1n) is 8.34. The van der Waals surface area contributed by atoms with E-state index in [9.17, 15) is 14.4 Å². The van der Waals surface area contributed by atoms with Crippen molar-refractivity contribution < 1.29 is 28.6 Å². The minimum Gasteiger partial charge on any atom is -0.490 e. The number of imide groups is 1. The third-order valence-corrected chi connectivity index (χ3v) is 5.02. The van der Waals surface area contributed by atoms with E-state index in [1.54, 1.807) is 25.1 Å². The van der Waals surface area contributed by atoms with Crippen LogP contribution in [0, 0.1) is 12.3 Å². The van der Waals surface area contributed by atoms with Crippen LogP contribution in [0.25, 0.3) is 6.08 Å². The first-order valence-corrected chi connectivity index (χ1v) is 9.95. The second kappa shape index (κ2) is 10.2. The van der Waals surface area contributed by atoms with Gasteiger partial charge in [-0.3, -0.25) is 19.3 Å². The Bertz CT molecular complexity index is 861. The Hall–Kier alpha value is -2.44. The standard InChI is InChI=1S/C19H18BrNO6S/c1-4-7-27-15-10-13(20)12(8-14(15)25-5-2)9-16-18(23)21(19(24)28-16)11-17(22)26-6-3/h1,8-10H,5-7,11H2,2-3H3/b16-9+. The number of carbonyl (C=O) groups excluding carboxylic acids is 3. The van der Waals surface area contributed by atoms with E-state index in [1.807, 2.05) is 6.92 Å². The van der Waals surface area contributed by atoms with Crippen LogP contribution in [0.1, 0.15) is 19.4 Å². The highest BCUT2D eigenvalue weighted by molar-refractivity contribution is 9.10. The van der Waals surface area contributed by atoms with E-state index >= 15 is 0 Å². The van der Waals surface area contributed by atoms with E-state index < -0.39 is 23.7 Å². The van der Waals surface area contributed by atoms with Crippen molar-refractivity contribution in [3.63, 3.8) is 0 Å². The molecule has 0 atom stereocenters. The molecule has 0 unspecified atom stereocenters. The van der Waals surface area contributed by atoms with Gasteiger partial charge in [0, 0.05) is 4.47 Å². The largest absolute Gasteiger partial charge is 0.490 e. The van der Waals surface area contributed by atoms with E-state index in [0.717, 1.165) is 16.7 Å². The normalized spacial score (nSPS) is 14.9. The molecule has 148 valence electrons. The molecule has 7 nitrogen and oxygen atoms in total. The number of halogens is 1. The molecule has 1 aromatic carbocycles. The summed E-state index contributed by atoms with van der Waals surface area (Å²) < 4.78 is 16.5. The number of amides is 2. The molecule has 9 heteroatoms. The van der Waals surface area contributed by atoms with Gasteiger partial charge in [-0.05, 0) is 49.4 Å². The average molecular weight is 468 g/mol. The molecule has 0 aliphatic carbocycles. The zero-order valence-corrected chi connectivity index (χ0v) is 17.7. The number of carbonyl (C=O) groups is 3. The molecule has 1 saturated heterocycles. The molecule has 0 saturated carbocycles. The molecule has 0 bridgehead atoms. The zero-order valence-electron chi connectivity index (χ0n) is 15.3. The number of thioether (sulfide) groups is 1. The SMILES string of the molecule is C#CCOc1cc(Br)c(/C=C2/SC(=O)N(CC(=O)OCC)C2=O)cc1OCC. The Balaban J connectivity index is 2.30. The van der Waals surface area contributed by atoms with Crippen molar-refractivity contribution in [1.29, 1.82) is 0 Å². The molecule has 2 amide bonds. The highest BCUT2D eigenvalue weighted by Crippen LogP contribution is 2.38. The maximum absolute atomic E-state index is 12.5. The van der Waals surface area contributed by atoms with Crippen molar-refractivity contribution in [3.05, 3.63) is 27.1 Å². The Kier molecular flexibility index (Phi) is 7.96. The van der Waals surface area contributed by atoms with E-state index in [0.29, 0.717) is 28.1 Å². The highest BCUT2D eigenvalue weighted by Gasteiger charge is 2.36. The van der Waals surface area contributed by atoms with E-state index in [2.05, 4.69) is 21.9 Å². The van der Waals surface area contributed by atoms with E-state index in [-0.39, 0.29) is 18.1 Å². The van der Waals surface area contributed by atoms with Crippen LogP contribution in [-0.2, 0) is 14.3 Å². The molecule has 0 N–H and O–H groups in total. The summed E-state index contributed by atoms with van der Waals surface area (Å²) in [6.45, 7) is 3.72. The number of ether oxygens (including phenoxy) is 3. The summed E-state index contributed by atoms with van der Waals surface area (Å²) in [5, 5.41) is -0.528. The highest BCUT2D eigenvalue weighted by atomic mass is 79.9. The van der Waals surface area contributed by atoms with E-state index in [4.69, 9.17) is 20.6 Å². The molecule has 1 aliphatic heterocycles. The summed E-state index contributed by atoms with van der Waals surface area (Å²) in [5.41, 5.74) is 0.609. The van der Waals surface area contributed by atoms with Crippen molar-refractivity contribution in [2.75, 3.05) is 26.4 Å². The predicted molar refractivity (Wildman–Crippen MR) is 109 cm³/mol. The fraction of sp³-hybridized carbons (Fsp3) is 0.316. The van der Waals surface area contributed by atoms with Crippen LogP contribution in [0.2, 0.25) is 0 Å². The van der Waals surface area contributed by atoms with Gasteiger partial charge in [-0.1, -0.05) is 21.9 Å². The quantitative estimate of drug-likeness (QED) is 0.328. The summed E-state index contributed by atoms with van der Waals surface area (Å²) in [7, 11) is 0. The molecule has 0 aromatic heterocycles. The fourth-order valence-electron chi connectivity index (χ4n) is 2.28. The summed E-state index contributed by atoms with van der Waals surface area (Å²) >= 11 is 4.17. The van der Waals surface area contributed by atoms with Crippen LogP contribution in [0.15, 0.2) is 21.5 Å². The maximum Gasteiger partial charge on any atom is 0.326 e. The van der Waals surface area contributed by atoms with Crippen LogP contribution in [-0.4, -0.2) is 48.4 Å². The van der Waals surface area contributed by atoms with Gasteiger partial charge in [-0.25, -0.2) is 0 Å². The lowest BCUT2D eigenvalue weighted by molar-refractivity contribution is -0.145. The number of rotatable bonds is 8. The topological polar surface area (TPSA) is 82.1 Å². The number of hydrogen-bond acceptors (Lipinski definition) is 7. The molecule has 1 aliphatic rings. The molecule has 1 fully saturated rings. The van der Waals surface area contributed by atoms with Crippen molar-refractivity contribution >= 4 is 50.9 Å². The van der Waals surface area contributed by atoms with Crippen molar-refractivity contribution in [3.8, 4) is 23.8 Å². The first kappa shape index (κ1) is 21.9. The number of esters is 1. The van der Waals surface area contributed by atoms with Gasteiger partial charge < -0.3 is 14.2 Å². The van der Waals surface area contributed by atoms with Gasteiger partial charge in [0.25, 0.3) is 11.1 Å². The molecule has 0 spiro atoms. The molecule has 28 heavy (non-hydrogen) atoms. The molecular formula is C19H18BrNO6S. The van der Waals surface area contributed by atoms with Gasteiger partial charge in [0.2, 0.25) is 0 Å². The van der Waals surface area contributed by atoms with Gasteiger partial charge in [-0.15, -0.1) is 6.42 Å². The number of benzene rings is 1. The minimum atomic E-state index is -0.638. The van der Waals surface area contributed by atoms with Gasteiger partial charge in [0.15, 0.2) is 11.5 Å². The van der Waals surface area contributed by atoms with Crippen molar-refractivity contribution in [2.24, 2.45) is 0 Å². The van der Waals surface area contributed by atoms with Crippen LogP contribution < -0.4 is 9.47 Å². The van der Waals surface area contributed by atoms with Crippen molar-refractivity contribution in [1.82, 2.24) is 4.90 Å². The maximum atomic E-state index is 12.5. The van der Waals surface area contributed by atoms with Crippen LogP contribution in [0.3, 0.4) is 0 Å². The van der Waals surface area contributed by atoms with Gasteiger partial charge in [-0.2, -0.15) is 0 Å². The lowest BCUT2D eigenvalue weighted by Gasteiger charge is -2.13. The molecular weight excluding hydrogens is 450 g/mol. The molecule has 0 radical (unpaired) electrons. The van der Waals surface area contributed by atoms with Crippen LogP contribution in [0.4, 0.5) is 4.79 Å². The molecule has 1 aromatic rings. The summed E-state index contributed by atoms with van der Waals surface area (Å²) in [6, 6.07) is 3.36. The minimum absolute atomic E-state index is 0.0820. The first-order chi connectivity index (χ1) is 13.4. The van der Waals surface area contributed by atoms with E-state index in [1.165, 1.54) is 0 Å². The fourth-order valence-corrected chi connectivity index (χ4v) is 3.54. The van der Waals surface area contributed by atoms with Gasteiger partial charge in [0.05, 0.1) is 18.1 Å². The number of terminal acetylenes is 1. The predicted octanol–water partition coefficient (Wildman–Crippen LogP) is 3.46. The monoisotopic (exact) mass is 467 g/mol. The Labute approximate surface area is 175 Å². The lowest BCUT2D eigenvalue weighted by atomic mass is 10.2. The zero-order chi connectivity index (χ0) is 20.7. The van der Waals surface area contributed by atoms with Crippen molar-refractivity contribution in [2.45, 2.75) is 13.8 Å². The summed E-state index contributed by atoms with van der Waals surface area (Å²) in [5.74, 6) is 2.11. The summed E-state index contributed by atoms with van der Waals surface area (Å²) in [4.78, 5) is 37.2. The Morgan fingerprint density at radius 2 is 1.96 bits per heavy atom. The average Bonchev–Trinajstić information content (AvgIpc) is 2.91. The van der Waals surface area contributed by atoms with Crippen LogP contribution >= 0.6 is 27.7 Å². The Morgan fingerprint density at radius 1 is 1.25 bits per heavy atom. The lowest BCUT2D eigenvalue weighted by Crippen LogP contribution is -2.34. The summed E-state index contributed by atoms with van der Waals surface area (Å²) in [6.07, 6.45) is 6.77. The Morgan fingerprint density at radius 3 is 2.61 bits per heavy atom. The number of hydrogen-bond donors (Lipinski definition) is 0. The molecule has 2 rings (SSSR count). The third kappa shape index (κ3) is 5.30. The van der Waals surface area contributed by atoms with Gasteiger partial charge in [0.1, 0.15) is 13.2 Å². The van der Waals surface area contributed by atoms with Crippen LogP contribution in [0.5, 0.6) is 11.5 Å². The number of nitrogens with zero attached hydrogens (tertiary/aromatic N) is 1. The third-order valence-electron chi connectivity index (χ3n) is 3.43. The second-order valence-corrected chi connectivity index (χ2v) is 7.17. The van der Waals surface area contributed by atoms with Gasteiger partial charge >= 0.3 is 5.97 Å². The smallest absolute Gasteiger partial charge is 0.326 e.